The second-order valence-corrected chi connectivity index (χ2v) is 7.57. The number of carbonyl (C=O) groups excluding carboxylic acids is 1. The van der Waals surface area contributed by atoms with E-state index in [1.54, 1.807) is 0 Å². The zero-order valence-corrected chi connectivity index (χ0v) is 15.3. The van der Waals surface area contributed by atoms with E-state index in [4.69, 9.17) is 0 Å². The Labute approximate surface area is 156 Å². The summed E-state index contributed by atoms with van der Waals surface area (Å²) in [4.78, 5) is 12.2. The molecule has 1 aromatic heterocycles. The number of nitrogens with one attached hydrogen (secondary N) is 1. The van der Waals surface area contributed by atoms with Gasteiger partial charge in [-0.3, -0.25) is 4.79 Å². The Bertz CT molecular complexity index is 904. The number of fused-ring (bicyclic) bond motifs is 1. The molecule has 1 saturated carbocycles. The van der Waals surface area contributed by atoms with Crippen molar-refractivity contribution in [2.45, 2.75) is 37.5 Å². The molecule has 0 spiro atoms. The third-order valence-corrected chi connectivity index (χ3v) is 5.66. The number of nitrogens with zero attached hydrogens (tertiary/aromatic N) is 4. The molecule has 0 radical (unpaired) electrons. The molecule has 1 aliphatic rings. The number of anilines is 1. The average molecular weight is 367 g/mol. The lowest BCUT2D eigenvalue weighted by Gasteiger charge is -2.11. The second-order valence-electron chi connectivity index (χ2n) is 6.58. The van der Waals surface area contributed by atoms with Gasteiger partial charge in [-0.2, -0.15) is 0 Å². The SMILES string of the molecule is O=C(CSCc1nnnn1C1CCCC1)Nc1ccc2ccccc2c1. The topological polar surface area (TPSA) is 72.7 Å². The van der Waals surface area contributed by atoms with Gasteiger partial charge in [0.25, 0.3) is 0 Å². The maximum absolute atomic E-state index is 12.2. The molecule has 0 unspecified atom stereocenters. The Hall–Kier alpha value is -2.41. The molecule has 1 N–H and O–H groups in total. The summed E-state index contributed by atoms with van der Waals surface area (Å²) in [6.45, 7) is 0. The van der Waals surface area contributed by atoms with Crippen molar-refractivity contribution in [3.8, 4) is 0 Å². The molecule has 2 aromatic carbocycles. The number of aromatic nitrogens is 4. The van der Waals surface area contributed by atoms with Crippen LogP contribution in [0.25, 0.3) is 10.8 Å². The summed E-state index contributed by atoms with van der Waals surface area (Å²) < 4.78 is 1.95. The molecule has 0 aliphatic heterocycles. The van der Waals surface area contributed by atoms with Gasteiger partial charge >= 0.3 is 0 Å². The smallest absolute Gasteiger partial charge is 0.234 e. The molecular formula is C19H21N5OS. The van der Waals surface area contributed by atoms with Crippen LogP contribution in [-0.2, 0) is 10.5 Å². The van der Waals surface area contributed by atoms with Crippen molar-refractivity contribution in [2.24, 2.45) is 0 Å². The minimum atomic E-state index is -0.00910. The lowest BCUT2D eigenvalue weighted by Crippen LogP contribution is -2.15. The van der Waals surface area contributed by atoms with Crippen LogP contribution in [0, 0.1) is 0 Å². The predicted molar refractivity (Wildman–Crippen MR) is 104 cm³/mol. The molecule has 26 heavy (non-hydrogen) atoms. The van der Waals surface area contributed by atoms with Crippen LogP contribution in [0.3, 0.4) is 0 Å². The van der Waals surface area contributed by atoms with E-state index < -0.39 is 0 Å². The number of hydrogen-bond donors (Lipinski definition) is 1. The van der Waals surface area contributed by atoms with Gasteiger partial charge in [-0.15, -0.1) is 16.9 Å². The fourth-order valence-corrected chi connectivity index (χ4v) is 4.17. The molecular weight excluding hydrogens is 346 g/mol. The highest BCUT2D eigenvalue weighted by molar-refractivity contribution is 7.99. The Kier molecular flexibility index (Phi) is 5.15. The largest absolute Gasteiger partial charge is 0.325 e. The minimum Gasteiger partial charge on any atom is -0.325 e. The van der Waals surface area contributed by atoms with Gasteiger partial charge in [0.1, 0.15) is 0 Å². The van der Waals surface area contributed by atoms with Crippen LogP contribution in [0.5, 0.6) is 0 Å². The highest BCUT2D eigenvalue weighted by atomic mass is 32.2. The molecule has 1 fully saturated rings. The van der Waals surface area contributed by atoms with Crippen molar-refractivity contribution in [2.75, 3.05) is 11.1 Å². The molecule has 0 atom stereocenters. The summed E-state index contributed by atoms with van der Waals surface area (Å²) in [6, 6.07) is 14.5. The number of hydrogen-bond acceptors (Lipinski definition) is 5. The number of amides is 1. The Morgan fingerprint density at radius 3 is 2.81 bits per heavy atom. The molecule has 0 saturated heterocycles. The quantitative estimate of drug-likeness (QED) is 0.717. The zero-order chi connectivity index (χ0) is 17.8. The van der Waals surface area contributed by atoms with Gasteiger partial charge in [0.05, 0.1) is 17.5 Å². The lowest BCUT2D eigenvalue weighted by molar-refractivity contribution is -0.113. The van der Waals surface area contributed by atoms with E-state index in [1.165, 1.54) is 30.0 Å². The molecule has 134 valence electrons. The van der Waals surface area contributed by atoms with Gasteiger partial charge < -0.3 is 5.32 Å². The van der Waals surface area contributed by atoms with Crippen LogP contribution >= 0.6 is 11.8 Å². The molecule has 1 aliphatic carbocycles. The Balaban J connectivity index is 1.30. The van der Waals surface area contributed by atoms with E-state index >= 15 is 0 Å². The van der Waals surface area contributed by atoms with Crippen molar-refractivity contribution in [3.05, 3.63) is 48.3 Å². The van der Waals surface area contributed by atoms with Crippen LogP contribution in [0.1, 0.15) is 37.5 Å². The van der Waals surface area contributed by atoms with Crippen molar-refractivity contribution in [3.63, 3.8) is 0 Å². The summed E-state index contributed by atoms with van der Waals surface area (Å²) in [5.41, 5.74) is 0.824. The van der Waals surface area contributed by atoms with Crippen molar-refractivity contribution in [1.82, 2.24) is 20.2 Å². The molecule has 6 nitrogen and oxygen atoms in total. The van der Waals surface area contributed by atoms with E-state index in [0.29, 0.717) is 17.5 Å². The summed E-state index contributed by atoms with van der Waals surface area (Å²) in [5, 5.41) is 17.3. The van der Waals surface area contributed by atoms with Crippen LogP contribution in [0.2, 0.25) is 0 Å². The zero-order valence-electron chi connectivity index (χ0n) is 14.5. The molecule has 7 heteroatoms. The van der Waals surface area contributed by atoms with Crippen LogP contribution in [0.4, 0.5) is 5.69 Å². The average Bonchev–Trinajstić information content (AvgIpc) is 3.33. The third-order valence-electron chi connectivity index (χ3n) is 4.73. The monoisotopic (exact) mass is 367 g/mol. The molecule has 3 aromatic rings. The number of thioether (sulfide) groups is 1. The van der Waals surface area contributed by atoms with E-state index in [9.17, 15) is 4.79 Å². The number of benzene rings is 2. The summed E-state index contributed by atoms with van der Waals surface area (Å²) >= 11 is 1.54. The Morgan fingerprint density at radius 1 is 1.15 bits per heavy atom. The first kappa shape index (κ1) is 17.0. The van der Waals surface area contributed by atoms with E-state index in [1.807, 2.05) is 41.1 Å². The summed E-state index contributed by atoms with van der Waals surface area (Å²) in [6.07, 6.45) is 4.77. The first-order valence-corrected chi connectivity index (χ1v) is 10.1. The summed E-state index contributed by atoms with van der Waals surface area (Å²) in [7, 11) is 0. The maximum Gasteiger partial charge on any atom is 0.234 e. The second kappa shape index (κ2) is 7.86. The minimum absolute atomic E-state index is 0.00910. The van der Waals surface area contributed by atoms with Crippen molar-refractivity contribution in [1.29, 1.82) is 0 Å². The van der Waals surface area contributed by atoms with E-state index in [0.717, 1.165) is 29.7 Å². The Morgan fingerprint density at radius 2 is 1.96 bits per heavy atom. The fourth-order valence-electron chi connectivity index (χ4n) is 3.44. The van der Waals surface area contributed by atoms with Gasteiger partial charge in [-0.1, -0.05) is 43.2 Å². The number of tetrazole rings is 1. The first-order valence-electron chi connectivity index (χ1n) is 8.93. The van der Waals surface area contributed by atoms with Gasteiger partial charge in [-0.25, -0.2) is 4.68 Å². The fraction of sp³-hybridized carbons (Fsp3) is 0.368. The van der Waals surface area contributed by atoms with E-state index in [2.05, 4.69) is 26.9 Å². The highest BCUT2D eigenvalue weighted by Crippen LogP contribution is 2.29. The van der Waals surface area contributed by atoms with Crippen molar-refractivity contribution < 1.29 is 4.79 Å². The van der Waals surface area contributed by atoms with E-state index in [-0.39, 0.29) is 5.91 Å². The highest BCUT2D eigenvalue weighted by Gasteiger charge is 2.21. The normalized spacial score (nSPS) is 14.8. The van der Waals surface area contributed by atoms with Crippen molar-refractivity contribution >= 4 is 34.1 Å². The number of rotatable bonds is 6. The van der Waals surface area contributed by atoms with Gasteiger partial charge in [0.15, 0.2) is 5.82 Å². The summed E-state index contributed by atoms with van der Waals surface area (Å²) in [5.74, 6) is 1.88. The lowest BCUT2D eigenvalue weighted by atomic mass is 10.1. The van der Waals surface area contributed by atoms with Gasteiger partial charge in [-0.05, 0) is 46.2 Å². The first-order chi connectivity index (χ1) is 12.8. The molecule has 0 bridgehead atoms. The predicted octanol–water partition coefficient (Wildman–Crippen LogP) is 3.81. The molecule has 1 heterocycles. The van der Waals surface area contributed by atoms with Crippen LogP contribution in [-0.4, -0.2) is 31.9 Å². The standard InChI is InChI=1S/C19H21N5OS/c25-19(20-16-10-9-14-5-1-2-6-15(14)11-16)13-26-12-18-21-22-23-24(18)17-7-3-4-8-17/h1-2,5-6,9-11,17H,3-4,7-8,12-13H2,(H,20,25). The van der Waals surface area contributed by atoms with Crippen LogP contribution < -0.4 is 5.32 Å². The van der Waals surface area contributed by atoms with Crippen LogP contribution in [0.15, 0.2) is 42.5 Å². The number of carbonyl (C=O) groups is 1. The molecule has 4 rings (SSSR count). The molecule has 1 amide bonds. The van der Waals surface area contributed by atoms with Gasteiger partial charge in [0.2, 0.25) is 5.91 Å². The maximum atomic E-state index is 12.2. The van der Waals surface area contributed by atoms with Gasteiger partial charge in [0, 0.05) is 5.69 Å². The third kappa shape index (κ3) is 3.88.